The fourth-order valence-corrected chi connectivity index (χ4v) is 3.01. The van der Waals surface area contributed by atoms with Gasteiger partial charge in [0.1, 0.15) is 22.5 Å². The summed E-state index contributed by atoms with van der Waals surface area (Å²) in [6.07, 6.45) is 4.19. The highest BCUT2D eigenvalue weighted by Crippen LogP contribution is 2.27. The van der Waals surface area contributed by atoms with Gasteiger partial charge < -0.3 is 14.8 Å². The number of hydrogen-bond donors (Lipinski definition) is 3. The van der Waals surface area contributed by atoms with E-state index in [1.807, 2.05) is 18.2 Å². The average molecular weight is 352 g/mol. The summed E-state index contributed by atoms with van der Waals surface area (Å²) in [4.78, 5) is 0. The van der Waals surface area contributed by atoms with Crippen molar-refractivity contribution < 1.29 is 9.47 Å². The van der Waals surface area contributed by atoms with E-state index in [0.29, 0.717) is 17.6 Å². The lowest BCUT2D eigenvalue weighted by molar-refractivity contribution is 0.390. The SMILES string of the molecule is CCC(CC)C1=C(Cl)NNC(NCc2ccc(OC)cc2OC)=C1. The number of hydrogen-bond acceptors (Lipinski definition) is 5. The first-order valence-corrected chi connectivity index (χ1v) is 8.58. The van der Waals surface area contributed by atoms with E-state index in [9.17, 15) is 0 Å². The summed E-state index contributed by atoms with van der Waals surface area (Å²) in [5.41, 5.74) is 8.28. The van der Waals surface area contributed by atoms with Gasteiger partial charge in [-0.1, -0.05) is 25.4 Å². The molecule has 1 aliphatic rings. The van der Waals surface area contributed by atoms with Crippen LogP contribution < -0.4 is 25.6 Å². The fourth-order valence-electron chi connectivity index (χ4n) is 2.76. The molecule has 0 fully saturated rings. The molecule has 0 aliphatic carbocycles. The van der Waals surface area contributed by atoms with Gasteiger partial charge in [0.25, 0.3) is 0 Å². The van der Waals surface area contributed by atoms with Crippen LogP contribution in [-0.2, 0) is 6.54 Å². The summed E-state index contributed by atoms with van der Waals surface area (Å²) in [7, 11) is 3.30. The van der Waals surface area contributed by atoms with E-state index in [4.69, 9.17) is 21.1 Å². The molecular weight excluding hydrogens is 326 g/mol. The van der Waals surface area contributed by atoms with Crippen molar-refractivity contribution in [3.63, 3.8) is 0 Å². The second-order valence-electron chi connectivity index (χ2n) is 5.62. The molecular formula is C18H26ClN3O2. The first-order chi connectivity index (χ1) is 11.6. The molecule has 1 aromatic carbocycles. The fraction of sp³-hybridized carbons (Fsp3) is 0.444. The Kier molecular flexibility index (Phi) is 6.67. The van der Waals surface area contributed by atoms with Gasteiger partial charge in [-0.05, 0) is 42.5 Å². The summed E-state index contributed by atoms with van der Waals surface area (Å²) >= 11 is 6.30. The summed E-state index contributed by atoms with van der Waals surface area (Å²) in [5, 5.41) is 4.04. The smallest absolute Gasteiger partial charge is 0.127 e. The summed E-state index contributed by atoms with van der Waals surface area (Å²) in [5.74, 6) is 2.90. The highest BCUT2D eigenvalue weighted by atomic mass is 35.5. The molecule has 0 unspecified atom stereocenters. The highest BCUT2D eigenvalue weighted by Gasteiger charge is 2.17. The molecule has 0 bridgehead atoms. The number of ether oxygens (including phenoxy) is 2. The summed E-state index contributed by atoms with van der Waals surface area (Å²) in [6.45, 7) is 4.98. The van der Waals surface area contributed by atoms with Gasteiger partial charge >= 0.3 is 0 Å². The van der Waals surface area contributed by atoms with Crippen LogP contribution in [-0.4, -0.2) is 14.2 Å². The monoisotopic (exact) mass is 351 g/mol. The van der Waals surface area contributed by atoms with Crippen molar-refractivity contribution in [1.82, 2.24) is 16.2 Å². The van der Waals surface area contributed by atoms with E-state index in [1.165, 1.54) is 0 Å². The van der Waals surface area contributed by atoms with Crippen molar-refractivity contribution in [2.75, 3.05) is 14.2 Å². The van der Waals surface area contributed by atoms with Crippen LogP contribution >= 0.6 is 11.6 Å². The molecule has 6 heteroatoms. The normalized spacial score (nSPS) is 14.0. The molecule has 132 valence electrons. The Labute approximate surface area is 149 Å². The Morgan fingerprint density at radius 1 is 1.12 bits per heavy atom. The minimum absolute atomic E-state index is 0.444. The largest absolute Gasteiger partial charge is 0.497 e. The predicted molar refractivity (Wildman–Crippen MR) is 97.7 cm³/mol. The molecule has 5 nitrogen and oxygen atoms in total. The van der Waals surface area contributed by atoms with Gasteiger partial charge in [-0.25, -0.2) is 0 Å². The molecule has 2 rings (SSSR count). The van der Waals surface area contributed by atoms with Crippen LogP contribution in [0, 0.1) is 5.92 Å². The van der Waals surface area contributed by atoms with Gasteiger partial charge in [0, 0.05) is 18.2 Å². The maximum Gasteiger partial charge on any atom is 0.127 e. The van der Waals surface area contributed by atoms with E-state index < -0.39 is 0 Å². The van der Waals surface area contributed by atoms with Crippen molar-refractivity contribution in [3.05, 3.63) is 46.4 Å². The number of benzene rings is 1. The summed E-state index contributed by atoms with van der Waals surface area (Å²) < 4.78 is 10.7. The molecule has 0 radical (unpaired) electrons. The van der Waals surface area contributed by atoms with Gasteiger partial charge in [0.15, 0.2) is 0 Å². The number of methoxy groups -OCH3 is 2. The number of halogens is 1. The third-order valence-corrected chi connectivity index (χ3v) is 4.56. The molecule has 0 spiro atoms. The topological polar surface area (TPSA) is 54.5 Å². The molecule has 1 aliphatic heterocycles. The van der Waals surface area contributed by atoms with Crippen LogP contribution in [0.1, 0.15) is 32.3 Å². The minimum Gasteiger partial charge on any atom is -0.497 e. The standard InChI is InChI=1S/C18H26ClN3O2/c1-5-12(6-2)15-10-17(21-22-18(15)19)20-11-13-7-8-14(23-3)9-16(13)24-4/h7-10,12,20-22H,5-6,11H2,1-4H3. The molecule has 0 amide bonds. The number of allylic oxidation sites excluding steroid dienone is 2. The van der Waals surface area contributed by atoms with Crippen LogP contribution in [0.4, 0.5) is 0 Å². The first-order valence-electron chi connectivity index (χ1n) is 8.21. The molecule has 1 heterocycles. The lowest BCUT2D eigenvalue weighted by atomic mass is 9.93. The van der Waals surface area contributed by atoms with Gasteiger partial charge in [0.05, 0.1) is 14.2 Å². The maximum atomic E-state index is 6.30. The lowest BCUT2D eigenvalue weighted by Crippen LogP contribution is -2.39. The molecule has 1 aromatic rings. The van der Waals surface area contributed by atoms with Crippen LogP contribution in [0.25, 0.3) is 0 Å². The van der Waals surface area contributed by atoms with Crippen molar-refractivity contribution in [1.29, 1.82) is 0 Å². The number of nitrogens with one attached hydrogen (secondary N) is 3. The van der Waals surface area contributed by atoms with Crippen molar-refractivity contribution in [3.8, 4) is 11.5 Å². The van der Waals surface area contributed by atoms with Gasteiger partial charge in [-0.2, -0.15) is 0 Å². The third kappa shape index (κ3) is 4.29. The molecule has 24 heavy (non-hydrogen) atoms. The van der Waals surface area contributed by atoms with Gasteiger partial charge in [-0.3, -0.25) is 10.9 Å². The Balaban J connectivity index is 2.10. The van der Waals surface area contributed by atoms with E-state index >= 15 is 0 Å². The average Bonchev–Trinajstić information content (AvgIpc) is 2.62. The van der Waals surface area contributed by atoms with E-state index in [0.717, 1.165) is 41.3 Å². The van der Waals surface area contributed by atoms with Crippen LogP contribution in [0.5, 0.6) is 11.5 Å². The Morgan fingerprint density at radius 3 is 2.50 bits per heavy atom. The number of rotatable bonds is 8. The predicted octanol–water partition coefficient (Wildman–Crippen LogP) is 3.63. The first kappa shape index (κ1) is 18.3. The van der Waals surface area contributed by atoms with Gasteiger partial charge in [-0.15, -0.1) is 0 Å². The maximum absolute atomic E-state index is 6.30. The zero-order chi connectivity index (χ0) is 17.5. The summed E-state index contributed by atoms with van der Waals surface area (Å²) in [6, 6.07) is 5.79. The molecule has 3 N–H and O–H groups in total. The van der Waals surface area contributed by atoms with Crippen LogP contribution in [0.15, 0.2) is 40.8 Å². The minimum atomic E-state index is 0.444. The van der Waals surface area contributed by atoms with Crippen LogP contribution in [0.2, 0.25) is 0 Å². The third-order valence-electron chi connectivity index (χ3n) is 4.25. The van der Waals surface area contributed by atoms with Gasteiger partial charge in [0.2, 0.25) is 0 Å². The number of hydrazine groups is 1. The molecule has 0 atom stereocenters. The second kappa shape index (κ2) is 8.73. The van der Waals surface area contributed by atoms with E-state index in [-0.39, 0.29) is 0 Å². The molecule has 0 aromatic heterocycles. The second-order valence-corrected chi connectivity index (χ2v) is 6.00. The van der Waals surface area contributed by atoms with Crippen molar-refractivity contribution >= 4 is 11.6 Å². The Bertz CT molecular complexity index is 625. The van der Waals surface area contributed by atoms with Crippen molar-refractivity contribution in [2.24, 2.45) is 5.92 Å². The quantitative estimate of drug-likeness (QED) is 0.624. The molecule has 0 saturated carbocycles. The lowest BCUT2D eigenvalue weighted by Gasteiger charge is -2.25. The van der Waals surface area contributed by atoms with Crippen molar-refractivity contribution in [2.45, 2.75) is 33.2 Å². The zero-order valence-electron chi connectivity index (χ0n) is 14.7. The molecule has 0 saturated heterocycles. The Morgan fingerprint density at radius 2 is 1.88 bits per heavy atom. The highest BCUT2D eigenvalue weighted by molar-refractivity contribution is 6.29. The van der Waals surface area contributed by atoms with Crippen LogP contribution in [0.3, 0.4) is 0 Å². The van der Waals surface area contributed by atoms with E-state index in [1.54, 1.807) is 14.2 Å². The van der Waals surface area contributed by atoms with E-state index in [2.05, 4.69) is 36.1 Å². The zero-order valence-corrected chi connectivity index (χ0v) is 15.5. The Hall–Kier alpha value is -2.01.